The van der Waals surface area contributed by atoms with Crippen molar-refractivity contribution in [2.75, 3.05) is 44.8 Å². The van der Waals surface area contributed by atoms with Crippen molar-refractivity contribution in [3.63, 3.8) is 0 Å². The Kier molecular flexibility index (Phi) is 8.67. The first-order valence-electron chi connectivity index (χ1n) is 11.6. The predicted molar refractivity (Wildman–Crippen MR) is 144 cm³/mol. The standard InChI is InChI=1S/C26H26BrN3O6S/c1-16-11-20(27)21(12-17(16)2)28-23(31)15-36-19-5-3-18(4-6-19)13-22-25(33)30(26(34)37-22)14-24(32)29-7-9-35-10-8-29/h3-6,11-13H,7-10,14-15H2,1-2H3,(H,28,31)/b22-13+. The molecule has 2 aromatic rings. The highest BCUT2D eigenvalue weighted by molar-refractivity contribution is 9.10. The SMILES string of the molecule is Cc1cc(Br)c(NC(=O)COc2ccc(/C=C3/SC(=O)N(CC(=O)N4CCOCC4)C3=O)cc2)cc1C. The molecule has 0 aromatic heterocycles. The van der Waals surface area contributed by atoms with Gasteiger partial charge in [0.05, 0.1) is 23.8 Å². The number of rotatable bonds is 7. The highest BCUT2D eigenvalue weighted by Gasteiger charge is 2.37. The fraction of sp³-hybridized carbons (Fsp3) is 0.308. The van der Waals surface area contributed by atoms with E-state index in [-0.39, 0.29) is 29.9 Å². The molecule has 2 saturated heterocycles. The monoisotopic (exact) mass is 587 g/mol. The zero-order valence-corrected chi connectivity index (χ0v) is 22.8. The normalized spacial score (nSPS) is 16.9. The number of anilines is 1. The lowest BCUT2D eigenvalue weighted by Gasteiger charge is -2.28. The lowest BCUT2D eigenvalue weighted by Crippen LogP contribution is -2.46. The van der Waals surface area contributed by atoms with Gasteiger partial charge in [0.1, 0.15) is 12.3 Å². The summed E-state index contributed by atoms with van der Waals surface area (Å²) in [6, 6.07) is 10.6. The average molecular weight is 588 g/mol. The summed E-state index contributed by atoms with van der Waals surface area (Å²) >= 11 is 4.26. The Morgan fingerprint density at radius 1 is 1.11 bits per heavy atom. The summed E-state index contributed by atoms with van der Waals surface area (Å²) in [5.41, 5.74) is 3.54. The highest BCUT2D eigenvalue weighted by atomic mass is 79.9. The minimum Gasteiger partial charge on any atom is -0.484 e. The molecule has 0 atom stereocenters. The molecule has 2 aliphatic heterocycles. The largest absolute Gasteiger partial charge is 0.484 e. The van der Waals surface area contributed by atoms with Gasteiger partial charge in [-0.2, -0.15) is 0 Å². The molecule has 1 N–H and O–H groups in total. The number of aryl methyl sites for hydroxylation is 2. The summed E-state index contributed by atoms with van der Waals surface area (Å²) in [6.45, 7) is 5.31. The molecule has 0 spiro atoms. The van der Waals surface area contributed by atoms with Crippen LogP contribution in [0.2, 0.25) is 0 Å². The van der Waals surface area contributed by atoms with Crippen LogP contribution in [0.25, 0.3) is 6.08 Å². The van der Waals surface area contributed by atoms with E-state index in [0.717, 1.165) is 32.3 Å². The van der Waals surface area contributed by atoms with Gasteiger partial charge in [0.25, 0.3) is 17.1 Å². The van der Waals surface area contributed by atoms with Crippen molar-refractivity contribution < 1.29 is 28.7 Å². The number of ether oxygens (including phenoxy) is 2. The molecule has 2 aromatic carbocycles. The number of carbonyl (C=O) groups excluding carboxylic acids is 4. The van der Waals surface area contributed by atoms with E-state index in [9.17, 15) is 19.2 Å². The number of nitrogens with one attached hydrogen (secondary N) is 1. The Bertz CT molecular complexity index is 1260. The molecular formula is C26H26BrN3O6S. The third-order valence-electron chi connectivity index (χ3n) is 5.94. The van der Waals surface area contributed by atoms with E-state index in [1.54, 1.807) is 35.2 Å². The molecule has 4 rings (SSSR count). The van der Waals surface area contributed by atoms with Gasteiger partial charge in [-0.25, -0.2) is 0 Å². The zero-order valence-electron chi connectivity index (χ0n) is 20.4. The van der Waals surface area contributed by atoms with Crippen LogP contribution in [0, 0.1) is 13.8 Å². The van der Waals surface area contributed by atoms with Crippen molar-refractivity contribution in [2.45, 2.75) is 13.8 Å². The van der Waals surface area contributed by atoms with Crippen LogP contribution in [-0.4, -0.2) is 72.2 Å². The smallest absolute Gasteiger partial charge is 0.294 e. The van der Waals surface area contributed by atoms with Crippen molar-refractivity contribution in [3.8, 4) is 5.75 Å². The summed E-state index contributed by atoms with van der Waals surface area (Å²) in [5.74, 6) is -0.586. The highest BCUT2D eigenvalue weighted by Crippen LogP contribution is 2.32. The van der Waals surface area contributed by atoms with Crippen LogP contribution in [0.3, 0.4) is 0 Å². The van der Waals surface area contributed by atoms with Crippen LogP contribution >= 0.6 is 27.7 Å². The number of imide groups is 1. The van der Waals surface area contributed by atoms with E-state index in [1.807, 2.05) is 26.0 Å². The maximum absolute atomic E-state index is 12.7. The van der Waals surface area contributed by atoms with Crippen LogP contribution in [0.5, 0.6) is 5.75 Å². The molecule has 0 bridgehead atoms. The molecule has 9 nitrogen and oxygen atoms in total. The van der Waals surface area contributed by atoms with Gasteiger partial charge >= 0.3 is 0 Å². The molecule has 0 radical (unpaired) electrons. The van der Waals surface area contributed by atoms with Crippen LogP contribution in [0.15, 0.2) is 45.8 Å². The number of nitrogens with zero attached hydrogens (tertiary/aromatic N) is 2. The van der Waals surface area contributed by atoms with Gasteiger partial charge in [0.2, 0.25) is 5.91 Å². The first-order chi connectivity index (χ1) is 17.7. The van der Waals surface area contributed by atoms with Crippen molar-refractivity contribution >= 4 is 62.4 Å². The quantitative estimate of drug-likeness (QED) is 0.488. The van der Waals surface area contributed by atoms with Crippen molar-refractivity contribution in [3.05, 3.63) is 62.5 Å². The molecule has 0 saturated carbocycles. The Labute approximate surface area is 227 Å². The minimum atomic E-state index is -0.494. The number of halogens is 1. The molecule has 11 heteroatoms. The number of benzene rings is 2. The molecule has 37 heavy (non-hydrogen) atoms. The van der Waals surface area contributed by atoms with Gasteiger partial charge in [-0.1, -0.05) is 12.1 Å². The molecule has 194 valence electrons. The van der Waals surface area contributed by atoms with E-state index in [2.05, 4.69) is 21.2 Å². The number of hydrogen-bond donors (Lipinski definition) is 1. The molecule has 2 aliphatic rings. The molecule has 0 aliphatic carbocycles. The fourth-order valence-electron chi connectivity index (χ4n) is 3.71. The number of amides is 4. The molecular weight excluding hydrogens is 562 g/mol. The molecule has 0 unspecified atom stereocenters. The minimum absolute atomic E-state index is 0.172. The number of hydrogen-bond acceptors (Lipinski definition) is 7. The second-order valence-electron chi connectivity index (χ2n) is 8.58. The Morgan fingerprint density at radius 3 is 2.49 bits per heavy atom. The topological polar surface area (TPSA) is 105 Å². The maximum Gasteiger partial charge on any atom is 0.294 e. The van der Waals surface area contributed by atoms with E-state index in [0.29, 0.717) is 43.3 Å². The predicted octanol–water partition coefficient (Wildman–Crippen LogP) is 3.98. The summed E-state index contributed by atoms with van der Waals surface area (Å²) in [6.07, 6.45) is 1.60. The van der Waals surface area contributed by atoms with Crippen LogP contribution in [0.1, 0.15) is 16.7 Å². The van der Waals surface area contributed by atoms with Gasteiger partial charge in [-0.05, 0) is 88.6 Å². The van der Waals surface area contributed by atoms with Crippen LogP contribution in [-0.2, 0) is 19.1 Å². The zero-order chi connectivity index (χ0) is 26.5. The van der Waals surface area contributed by atoms with Crippen molar-refractivity contribution in [1.29, 1.82) is 0 Å². The number of morpholine rings is 1. The third-order valence-corrected chi connectivity index (χ3v) is 7.50. The summed E-state index contributed by atoms with van der Waals surface area (Å²) < 4.78 is 11.6. The first-order valence-corrected chi connectivity index (χ1v) is 13.2. The second kappa shape index (κ2) is 11.9. The Hall–Kier alpha value is -3.15. The van der Waals surface area contributed by atoms with Crippen LogP contribution in [0.4, 0.5) is 10.5 Å². The average Bonchev–Trinajstić information content (AvgIpc) is 3.14. The van der Waals surface area contributed by atoms with Gasteiger partial charge in [0, 0.05) is 17.6 Å². The van der Waals surface area contributed by atoms with Gasteiger partial charge in [0.15, 0.2) is 6.61 Å². The number of carbonyl (C=O) groups is 4. The van der Waals surface area contributed by atoms with Crippen LogP contribution < -0.4 is 10.1 Å². The van der Waals surface area contributed by atoms with E-state index >= 15 is 0 Å². The van der Waals surface area contributed by atoms with Crippen molar-refractivity contribution in [1.82, 2.24) is 9.80 Å². The number of thioether (sulfide) groups is 1. The molecule has 2 fully saturated rings. The molecule has 2 heterocycles. The molecule has 4 amide bonds. The second-order valence-corrected chi connectivity index (χ2v) is 10.4. The first kappa shape index (κ1) is 26.9. The summed E-state index contributed by atoms with van der Waals surface area (Å²) in [4.78, 5) is 52.7. The van der Waals surface area contributed by atoms with Gasteiger partial charge in [-0.3, -0.25) is 24.1 Å². The van der Waals surface area contributed by atoms with E-state index in [4.69, 9.17) is 9.47 Å². The Morgan fingerprint density at radius 2 is 1.78 bits per heavy atom. The fourth-order valence-corrected chi connectivity index (χ4v) is 5.10. The third kappa shape index (κ3) is 6.79. The lowest BCUT2D eigenvalue weighted by atomic mass is 10.1. The Balaban J connectivity index is 1.31. The summed E-state index contributed by atoms with van der Waals surface area (Å²) in [7, 11) is 0. The van der Waals surface area contributed by atoms with Gasteiger partial charge < -0.3 is 19.7 Å². The lowest BCUT2D eigenvalue weighted by molar-refractivity contribution is -0.139. The van der Waals surface area contributed by atoms with E-state index in [1.165, 1.54) is 0 Å². The maximum atomic E-state index is 12.7. The van der Waals surface area contributed by atoms with Gasteiger partial charge in [-0.15, -0.1) is 0 Å². The summed E-state index contributed by atoms with van der Waals surface area (Å²) in [5, 5.41) is 2.35. The van der Waals surface area contributed by atoms with E-state index < -0.39 is 11.1 Å². The van der Waals surface area contributed by atoms with Crippen molar-refractivity contribution in [2.24, 2.45) is 0 Å².